The van der Waals surface area contributed by atoms with Crippen molar-refractivity contribution < 1.29 is 23.9 Å². The van der Waals surface area contributed by atoms with Crippen molar-refractivity contribution in [3.05, 3.63) is 29.5 Å². The summed E-state index contributed by atoms with van der Waals surface area (Å²) >= 11 is 0. The van der Waals surface area contributed by atoms with Crippen LogP contribution in [0, 0.1) is 29.1 Å². The van der Waals surface area contributed by atoms with Gasteiger partial charge in [-0.15, -0.1) is 0 Å². The Bertz CT molecular complexity index is 1310. The number of Topliss-reactive ketones (excluding diaryl/α,β-unsaturated/α-hetero) is 1. The smallest absolute Gasteiger partial charge is 0.252 e. The molecule has 1 aromatic carbocycles. The molecule has 2 N–H and O–H groups in total. The minimum absolute atomic E-state index is 0.0156. The lowest BCUT2D eigenvalue weighted by molar-refractivity contribution is -0.132. The Morgan fingerprint density at radius 1 is 1.28 bits per heavy atom. The number of primary amides is 1. The molecule has 1 unspecified atom stereocenters. The van der Waals surface area contributed by atoms with E-state index >= 15 is 0 Å². The molecule has 2 amide bonds. The van der Waals surface area contributed by atoms with Crippen LogP contribution in [0.3, 0.4) is 0 Å². The number of ketones is 1. The third kappa shape index (κ3) is 5.58. The Morgan fingerprint density at radius 3 is 2.72 bits per heavy atom. The number of nitriles is 1. The second-order valence-corrected chi connectivity index (χ2v) is 9.37. The maximum Gasteiger partial charge on any atom is 0.252 e. The lowest BCUT2D eigenvalue weighted by Gasteiger charge is -2.32. The molecule has 186 valence electrons. The molecule has 1 saturated carbocycles. The number of nitrogens with zero attached hydrogens (tertiary/aromatic N) is 3. The third-order valence-electron chi connectivity index (χ3n) is 6.18. The van der Waals surface area contributed by atoms with Gasteiger partial charge in [0.1, 0.15) is 24.1 Å². The zero-order valence-electron chi connectivity index (χ0n) is 20.4. The minimum Gasteiger partial charge on any atom is -0.490 e. The molecule has 1 aliphatic carbocycles. The molecule has 2 heterocycles. The number of carbonyl (C=O) groups is 3. The number of pyridine rings is 1. The number of hydrogen-bond acceptors (Lipinski definition) is 7. The second-order valence-electron chi connectivity index (χ2n) is 9.37. The van der Waals surface area contributed by atoms with Crippen molar-refractivity contribution in [2.45, 2.75) is 58.2 Å². The van der Waals surface area contributed by atoms with Crippen LogP contribution in [0.4, 0.5) is 0 Å². The zero-order valence-corrected chi connectivity index (χ0v) is 20.4. The maximum atomic E-state index is 12.2. The molecule has 4 rings (SSSR count). The van der Waals surface area contributed by atoms with E-state index in [1.54, 1.807) is 23.2 Å². The van der Waals surface area contributed by atoms with Crippen LogP contribution >= 0.6 is 0 Å². The van der Waals surface area contributed by atoms with E-state index in [0.29, 0.717) is 53.9 Å². The van der Waals surface area contributed by atoms with Gasteiger partial charge in [0.25, 0.3) is 5.91 Å². The van der Waals surface area contributed by atoms with Crippen LogP contribution < -0.4 is 15.2 Å². The summed E-state index contributed by atoms with van der Waals surface area (Å²) in [5, 5.41) is 10.1. The topological polar surface area (TPSA) is 136 Å². The van der Waals surface area contributed by atoms with Gasteiger partial charge in [-0.05, 0) is 38.8 Å². The van der Waals surface area contributed by atoms with E-state index in [2.05, 4.69) is 16.8 Å². The van der Waals surface area contributed by atoms with Crippen LogP contribution in [0.5, 0.6) is 11.6 Å². The van der Waals surface area contributed by atoms with Crippen molar-refractivity contribution in [3.8, 4) is 29.5 Å². The molecule has 2 aliphatic rings. The SMILES string of the molecule is CC(C)Oc1cc2c(OC3CCCN(C(=O)CC#N)C3)ncc(C#CC3CC(=O)C3)c2cc1C(N)=O. The van der Waals surface area contributed by atoms with Crippen LogP contribution in [0.1, 0.15) is 61.9 Å². The fourth-order valence-electron chi connectivity index (χ4n) is 4.35. The molecule has 0 radical (unpaired) electrons. The van der Waals surface area contributed by atoms with Crippen molar-refractivity contribution in [2.24, 2.45) is 11.7 Å². The molecule has 1 saturated heterocycles. The lowest BCUT2D eigenvalue weighted by Crippen LogP contribution is -2.44. The molecule has 0 bridgehead atoms. The summed E-state index contributed by atoms with van der Waals surface area (Å²) in [5.74, 6) is 6.24. The summed E-state index contributed by atoms with van der Waals surface area (Å²) in [7, 11) is 0. The van der Waals surface area contributed by atoms with Crippen molar-refractivity contribution in [2.75, 3.05) is 13.1 Å². The zero-order chi connectivity index (χ0) is 25.8. The standard InChI is InChI=1S/C27H28N4O5/c1-16(2)35-24-13-22-21(12-23(24)26(29)34)18(6-5-17-10-19(32)11-17)14-30-27(22)36-20-4-3-9-31(15-20)25(33)7-8-28/h12-14,16-17,20H,3-4,7,9-11,15H2,1-2H3,(H2,29,34). The van der Waals surface area contributed by atoms with Crippen molar-refractivity contribution in [1.82, 2.24) is 9.88 Å². The molecule has 1 aliphatic heterocycles. The van der Waals surface area contributed by atoms with Gasteiger partial charge in [-0.1, -0.05) is 11.8 Å². The van der Waals surface area contributed by atoms with Crippen LogP contribution in [0.2, 0.25) is 0 Å². The van der Waals surface area contributed by atoms with E-state index in [1.807, 2.05) is 19.9 Å². The molecule has 1 aromatic heterocycles. The molecule has 0 spiro atoms. The first-order valence-corrected chi connectivity index (χ1v) is 12.0. The normalized spacial score (nSPS) is 17.7. The van der Waals surface area contributed by atoms with Crippen LogP contribution in [-0.4, -0.2) is 52.8 Å². The number of aromatic nitrogens is 1. The van der Waals surface area contributed by atoms with Crippen LogP contribution in [-0.2, 0) is 9.59 Å². The van der Waals surface area contributed by atoms with Gasteiger partial charge < -0.3 is 20.1 Å². The molecule has 9 heteroatoms. The van der Waals surface area contributed by atoms with Gasteiger partial charge in [-0.3, -0.25) is 14.4 Å². The van der Waals surface area contributed by atoms with Gasteiger partial charge >= 0.3 is 0 Å². The number of rotatable bonds is 6. The first-order chi connectivity index (χ1) is 17.2. The summed E-state index contributed by atoms with van der Waals surface area (Å²) in [6, 6.07) is 5.23. The highest BCUT2D eigenvalue weighted by Crippen LogP contribution is 2.34. The average Bonchev–Trinajstić information content (AvgIpc) is 2.81. The molecule has 1 atom stereocenters. The van der Waals surface area contributed by atoms with Crippen molar-refractivity contribution >= 4 is 28.4 Å². The fourth-order valence-corrected chi connectivity index (χ4v) is 4.35. The predicted octanol–water partition coefficient (Wildman–Crippen LogP) is 2.73. The molecular formula is C27H28N4O5. The second kappa shape index (κ2) is 10.7. The van der Waals surface area contributed by atoms with E-state index in [1.165, 1.54) is 0 Å². The number of hydrogen-bond donors (Lipinski definition) is 1. The van der Waals surface area contributed by atoms with E-state index in [4.69, 9.17) is 20.5 Å². The summed E-state index contributed by atoms with van der Waals surface area (Å²) in [5.41, 5.74) is 6.47. The number of benzene rings is 1. The largest absolute Gasteiger partial charge is 0.490 e. The number of likely N-dealkylation sites (tertiary alicyclic amines) is 1. The molecule has 36 heavy (non-hydrogen) atoms. The van der Waals surface area contributed by atoms with Crippen LogP contribution in [0.15, 0.2) is 18.3 Å². The monoisotopic (exact) mass is 488 g/mol. The van der Waals surface area contributed by atoms with Gasteiger partial charge in [0.2, 0.25) is 11.8 Å². The highest BCUT2D eigenvalue weighted by atomic mass is 16.5. The summed E-state index contributed by atoms with van der Waals surface area (Å²) in [4.78, 5) is 41.9. The molecule has 9 nitrogen and oxygen atoms in total. The number of nitrogens with two attached hydrogens (primary N) is 1. The number of fused-ring (bicyclic) bond motifs is 1. The number of ether oxygens (including phenoxy) is 2. The quantitative estimate of drug-likeness (QED) is 0.618. The summed E-state index contributed by atoms with van der Waals surface area (Å²) in [6.45, 7) is 4.64. The van der Waals surface area contributed by atoms with Gasteiger partial charge in [-0.2, -0.15) is 5.26 Å². The van der Waals surface area contributed by atoms with Crippen molar-refractivity contribution in [3.63, 3.8) is 0 Å². The third-order valence-corrected chi connectivity index (χ3v) is 6.18. The number of carbonyl (C=O) groups excluding carboxylic acids is 3. The first kappa shape index (κ1) is 25.0. The highest BCUT2D eigenvalue weighted by molar-refractivity contribution is 6.03. The Hall–Kier alpha value is -4.11. The maximum absolute atomic E-state index is 12.2. The van der Waals surface area contributed by atoms with Gasteiger partial charge in [0.15, 0.2) is 0 Å². The fraction of sp³-hybridized carbons (Fsp3) is 0.444. The van der Waals surface area contributed by atoms with E-state index in [0.717, 1.165) is 12.8 Å². The predicted molar refractivity (Wildman–Crippen MR) is 131 cm³/mol. The lowest BCUT2D eigenvalue weighted by atomic mass is 9.84. The molecular weight excluding hydrogens is 460 g/mol. The molecule has 2 aromatic rings. The van der Waals surface area contributed by atoms with Gasteiger partial charge in [-0.25, -0.2) is 4.98 Å². The average molecular weight is 489 g/mol. The van der Waals surface area contributed by atoms with Gasteiger partial charge in [0.05, 0.1) is 29.8 Å². The van der Waals surface area contributed by atoms with Crippen LogP contribution in [0.25, 0.3) is 10.8 Å². The minimum atomic E-state index is -0.630. The van der Waals surface area contributed by atoms with E-state index in [9.17, 15) is 14.4 Å². The Labute approximate surface area is 209 Å². The van der Waals surface area contributed by atoms with E-state index < -0.39 is 5.91 Å². The van der Waals surface area contributed by atoms with E-state index in [-0.39, 0.29) is 41.8 Å². The summed E-state index contributed by atoms with van der Waals surface area (Å²) < 4.78 is 12.1. The number of amides is 2. The highest BCUT2D eigenvalue weighted by Gasteiger charge is 2.27. The molecule has 2 fully saturated rings. The Balaban J connectivity index is 1.73. The van der Waals surface area contributed by atoms with Gasteiger partial charge in [0, 0.05) is 42.3 Å². The number of piperidine rings is 1. The van der Waals surface area contributed by atoms with Crippen molar-refractivity contribution in [1.29, 1.82) is 5.26 Å². The Kier molecular flexibility index (Phi) is 7.40. The first-order valence-electron chi connectivity index (χ1n) is 12.0. The Morgan fingerprint density at radius 2 is 2.06 bits per heavy atom. The summed E-state index contributed by atoms with van der Waals surface area (Å²) in [6.07, 6.45) is 3.28.